The first-order valence-corrected chi connectivity index (χ1v) is 7.92. The molecule has 1 aromatic carbocycles. The van der Waals surface area contributed by atoms with Gasteiger partial charge in [0.15, 0.2) is 0 Å². The molecule has 0 saturated carbocycles. The van der Waals surface area contributed by atoms with E-state index >= 15 is 0 Å². The van der Waals surface area contributed by atoms with Crippen LogP contribution in [0.4, 0.5) is 0 Å². The maximum Gasteiger partial charge on any atom is 0.237 e. The van der Waals surface area contributed by atoms with E-state index in [2.05, 4.69) is 22.4 Å². The normalized spacial score (nSPS) is 16.7. The molecule has 6 heteroatoms. The number of hydrogen-bond acceptors (Lipinski definition) is 3. The van der Waals surface area contributed by atoms with Gasteiger partial charge in [-0.15, -0.1) is 12.4 Å². The Bertz CT molecular complexity index is 638. The summed E-state index contributed by atoms with van der Waals surface area (Å²) < 4.78 is 5.31. The second-order valence-electron chi connectivity index (χ2n) is 5.88. The summed E-state index contributed by atoms with van der Waals surface area (Å²) in [4.78, 5) is 15.4. The number of H-pyrrole nitrogens is 1. The first-order chi connectivity index (χ1) is 10.8. The van der Waals surface area contributed by atoms with Crippen molar-refractivity contribution >= 4 is 29.2 Å². The number of para-hydroxylation sites is 1. The zero-order valence-electron chi connectivity index (χ0n) is 13.1. The fraction of sp³-hybridized carbons (Fsp3) is 0.471. The highest BCUT2D eigenvalue weighted by Crippen LogP contribution is 2.19. The Morgan fingerprint density at radius 3 is 2.87 bits per heavy atom. The lowest BCUT2D eigenvalue weighted by Gasteiger charge is -2.26. The van der Waals surface area contributed by atoms with Crippen molar-refractivity contribution in [1.82, 2.24) is 10.3 Å². The molecular formula is C17H24ClN3O2. The van der Waals surface area contributed by atoms with Crippen molar-refractivity contribution in [2.45, 2.75) is 25.3 Å². The lowest BCUT2D eigenvalue weighted by Crippen LogP contribution is -2.47. The highest BCUT2D eigenvalue weighted by molar-refractivity contribution is 5.85. The minimum atomic E-state index is -0.424. The third-order valence-corrected chi connectivity index (χ3v) is 4.45. The summed E-state index contributed by atoms with van der Waals surface area (Å²) in [6.45, 7) is 2.03. The van der Waals surface area contributed by atoms with E-state index in [0.29, 0.717) is 19.8 Å². The van der Waals surface area contributed by atoms with E-state index in [1.54, 1.807) is 0 Å². The Kier molecular flexibility index (Phi) is 6.45. The lowest BCUT2D eigenvalue weighted by molar-refractivity contribution is -0.124. The molecule has 2 heterocycles. The molecule has 126 valence electrons. The van der Waals surface area contributed by atoms with E-state index in [4.69, 9.17) is 10.5 Å². The van der Waals surface area contributed by atoms with Crippen molar-refractivity contribution in [3.63, 3.8) is 0 Å². The number of halogens is 1. The van der Waals surface area contributed by atoms with Crippen LogP contribution in [-0.2, 0) is 16.0 Å². The van der Waals surface area contributed by atoms with Crippen LogP contribution < -0.4 is 11.1 Å². The van der Waals surface area contributed by atoms with Gasteiger partial charge < -0.3 is 20.8 Å². The molecule has 1 aromatic heterocycles. The largest absolute Gasteiger partial charge is 0.381 e. The summed E-state index contributed by atoms with van der Waals surface area (Å²) in [6, 6.07) is 7.76. The Labute approximate surface area is 142 Å². The van der Waals surface area contributed by atoms with Gasteiger partial charge >= 0.3 is 0 Å². The number of aromatic nitrogens is 1. The van der Waals surface area contributed by atoms with Crippen LogP contribution in [0.2, 0.25) is 0 Å². The molecule has 1 fully saturated rings. The Balaban J connectivity index is 0.00000192. The fourth-order valence-corrected chi connectivity index (χ4v) is 3.07. The molecule has 1 amide bonds. The Morgan fingerprint density at radius 2 is 2.09 bits per heavy atom. The molecule has 0 spiro atoms. The number of carbonyl (C=O) groups is 1. The molecule has 1 atom stereocenters. The summed E-state index contributed by atoms with van der Waals surface area (Å²) in [5.41, 5.74) is 8.41. The molecule has 1 aliphatic heterocycles. The van der Waals surface area contributed by atoms with E-state index in [0.717, 1.165) is 24.8 Å². The van der Waals surface area contributed by atoms with Crippen molar-refractivity contribution < 1.29 is 9.53 Å². The second kappa shape index (κ2) is 8.34. The predicted octanol–water partition coefficient (Wildman–Crippen LogP) is 2.00. The van der Waals surface area contributed by atoms with Crippen molar-refractivity contribution in [2.75, 3.05) is 19.8 Å². The Morgan fingerprint density at radius 1 is 1.35 bits per heavy atom. The van der Waals surface area contributed by atoms with Crippen LogP contribution in [0.1, 0.15) is 18.4 Å². The van der Waals surface area contributed by atoms with E-state index in [9.17, 15) is 4.79 Å². The average Bonchev–Trinajstić information content (AvgIpc) is 2.98. The third kappa shape index (κ3) is 4.25. The number of benzene rings is 1. The molecule has 4 N–H and O–H groups in total. The lowest BCUT2D eigenvalue weighted by atomic mass is 9.92. The van der Waals surface area contributed by atoms with Gasteiger partial charge in [-0.1, -0.05) is 18.2 Å². The highest BCUT2D eigenvalue weighted by atomic mass is 35.5. The van der Waals surface area contributed by atoms with Gasteiger partial charge in [-0.3, -0.25) is 4.79 Å². The Hall–Kier alpha value is -1.56. The van der Waals surface area contributed by atoms with E-state index in [1.165, 1.54) is 10.9 Å². The number of aromatic amines is 1. The van der Waals surface area contributed by atoms with Gasteiger partial charge in [0, 0.05) is 36.9 Å². The molecule has 1 saturated heterocycles. The van der Waals surface area contributed by atoms with Crippen molar-refractivity contribution in [3.05, 3.63) is 36.0 Å². The molecule has 3 rings (SSSR count). The monoisotopic (exact) mass is 337 g/mol. The van der Waals surface area contributed by atoms with Gasteiger partial charge in [0.05, 0.1) is 6.04 Å². The zero-order valence-corrected chi connectivity index (χ0v) is 13.9. The van der Waals surface area contributed by atoms with Crippen LogP contribution in [0.25, 0.3) is 10.9 Å². The summed E-state index contributed by atoms with van der Waals surface area (Å²) in [6.07, 6.45) is 4.56. The third-order valence-electron chi connectivity index (χ3n) is 4.45. The van der Waals surface area contributed by atoms with Crippen LogP contribution >= 0.6 is 12.4 Å². The summed E-state index contributed by atoms with van der Waals surface area (Å²) in [5.74, 6) is 0.189. The molecule has 1 unspecified atom stereocenters. The first kappa shape index (κ1) is 17.8. The number of rotatable bonds is 5. The van der Waals surface area contributed by atoms with E-state index in [-0.39, 0.29) is 24.2 Å². The van der Waals surface area contributed by atoms with Crippen LogP contribution in [-0.4, -0.2) is 36.7 Å². The highest BCUT2D eigenvalue weighted by Gasteiger charge is 2.26. The maximum atomic E-state index is 12.1. The smallest absolute Gasteiger partial charge is 0.237 e. The number of nitrogens with one attached hydrogen (secondary N) is 2. The second-order valence-corrected chi connectivity index (χ2v) is 5.88. The molecule has 5 nitrogen and oxygen atoms in total. The van der Waals surface area contributed by atoms with Gasteiger partial charge in [-0.2, -0.15) is 0 Å². The van der Waals surface area contributed by atoms with Crippen LogP contribution in [0.15, 0.2) is 30.5 Å². The van der Waals surface area contributed by atoms with Crippen LogP contribution in [0.5, 0.6) is 0 Å². The molecular weight excluding hydrogens is 314 g/mol. The SMILES string of the molecule is Cl.NC(C(=O)NCCc1c[nH]c2ccccc12)C1CCOCC1. The maximum absolute atomic E-state index is 12.1. The van der Waals surface area contributed by atoms with E-state index < -0.39 is 6.04 Å². The molecule has 23 heavy (non-hydrogen) atoms. The molecule has 0 bridgehead atoms. The van der Waals surface area contributed by atoms with Crippen LogP contribution in [0, 0.1) is 5.92 Å². The number of nitrogens with two attached hydrogens (primary N) is 1. The topological polar surface area (TPSA) is 80.1 Å². The average molecular weight is 338 g/mol. The first-order valence-electron chi connectivity index (χ1n) is 7.92. The quantitative estimate of drug-likeness (QED) is 0.780. The number of amides is 1. The summed E-state index contributed by atoms with van der Waals surface area (Å²) in [7, 11) is 0. The van der Waals surface area contributed by atoms with Crippen molar-refractivity contribution in [3.8, 4) is 0 Å². The van der Waals surface area contributed by atoms with Crippen molar-refractivity contribution in [2.24, 2.45) is 11.7 Å². The van der Waals surface area contributed by atoms with Gasteiger partial charge in [-0.25, -0.2) is 0 Å². The number of fused-ring (bicyclic) bond motifs is 1. The number of hydrogen-bond donors (Lipinski definition) is 3. The molecule has 0 radical (unpaired) electrons. The standard InChI is InChI=1S/C17H23N3O2.ClH/c18-16(12-6-9-22-10-7-12)17(21)19-8-5-13-11-20-15-4-2-1-3-14(13)15;/h1-4,11-12,16,20H,5-10,18H2,(H,19,21);1H. The van der Waals surface area contributed by atoms with Gasteiger partial charge in [-0.05, 0) is 36.8 Å². The minimum Gasteiger partial charge on any atom is -0.381 e. The van der Waals surface area contributed by atoms with Crippen LogP contribution in [0.3, 0.4) is 0 Å². The minimum absolute atomic E-state index is 0. The fourth-order valence-electron chi connectivity index (χ4n) is 3.07. The van der Waals surface area contributed by atoms with Crippen molar-refractivity contribution in [1.29, 1.82) is 0 Å². The predicted molar refractivity (Wildman–Crippen MR) is 93.8 cm³/mol. The van der Waals surface area contributed by atoms with Gasteiger partial charge in [0.2, 0.25) is 5.91 Å². The number of ether oxygens (including phenoxy) is 1. The number of carbonyl (C=O) groups excluding carboxylic acids is 1. The zero-order chi connectivity index (χ0) is 15.4. The van der Waals surface area contributed by atoms with Gasteiger partial charge in [0.25, 0.3) is 0 Å². The van der Waals surface area contributed by atoms with E-state index in [1.807, 2.05) is 18.3 Å². The molecule has 1 aliphatic rings. The summed E-state index contributed by atoms with van der Waals surface area (Å²) >= 11 is 0. The summed E-state index contributed by atoms with van der Waals surface area (Å²) in [5, 5.41) is 4.18. The van der Waals surface area contributed by atoms with Gasteiger partial charge in [0.1, 0.15) is 0 Å². The molecule has 2 aromatic rings. The molecule has 0 aliphatic carbocycles.